The van der Waals surface area contributed by atoms with Gasteiger partial charge in [0.05, 0.1) is 10.2 Å². The number of thiazole rings is 1. The summed E-state index contributed by atoms with van der Waals surface area (Å²) in [5, 5.41) is 6.64. The van der Waals surface area contributed by atoms with Gasteiger partial charge < -0.3 is 10.6 Å². The molecule has 2 N–H and O–H groups in total. The molecule has 2 aromatic rings. The van der Waals surface area contributed by atoms with Gasteiger partial charge in [-0.2, -0.15) is 0 Å². The predicted molar refractivity (Wildman–Crippen MR) is 71.5 cm³/mol. The minimum absolute atomic E-state index is 0.0368. The van der Waals surface area contributed by atoms with E-state index in [0.29, 0.717) is 13.0 Å². The van der Waals surface area contributed by atoms with Crippen molar-refractivity contribution in [2.24, 2.45) is 0 Å². The first-order valence-electron chi connectivity index (χ1n) is 5.51. The van der Waals surface area contributed by atoms with Crippen molar-refractivity contribution in [3.05, 3.63) is 23.8 Å². The molecule has 0 fully saturated rings. The van der Waals surface area contributed by atoms with Crippen molar-refractivity contribution >= 4 is 32.6 Å². The first kappa shape index (κ1) is 11.9. The van der Waals surface area contributed by atoms with E-state index in [1.807, 2.05) is 6.07 Å². The molecule has 0 atom stereocenters. The Hall–Kier alpha value is -1.62. The number of carbonyl (C=O) groups is 1. The zero-order valence-corrected chi connectivity index (χ0v) is 10.7. The number of fused-ring (bicyclic) bond motifs is 1. The number of hydrogen-bond acceptors (Lipinski definition) is 4. The van der Waals surface area contributed by atoms with Gasteiger partial charge in [0.15, 0.2) is 5.13 Å². The summed E-state index contributed by atoms with van der Waals surface area (Å²) < 4.78 is 1.17. The third-order valence-corrected chi connectivity index (χ3v) is 3.51. The van der Waals surface area contributed by atoms with Gasteiger partial charge in [0.1, 0.15) is 0 Å². The van der Waals surface area contributed by atoms with E-state index >= 15 is 0 Å². The Bertz CT molecular complexity index is 536. The quantitative estimate of drug-likeness (QED) is 0.873. The van der Waals surface area contributed by atoms with Crippen molar-refractivity contribution < 1.29 is 4.79 Å². The van der Waals surface area contributed by atoms with Gasteiger partial charge in [-0.25, -0.2) is 4.98 Å². The monoisotopic (exact) mass is 249 g/mol. The lowest BCUT2D eigenvalue weighted by molar-refractivity contribution is -0.120. The summed E-state index contributed by atoms with van der Waals surface area (Å²) in [5.74, 6) is 0.0368. The maximum absolute atomic E-state index is 11.1. The molecular weight excluding hydrogens is 234 g/mol. The fraction of sp³-hybridized carbons (Fsp3) is 0.333. The second kappa shape index (κ2) is 5.14. The van der Waals surface area contributed by atoms with Gasteiger partial charge in [0.25, 0.3) is 0 Å². The molecule has 1 aromatic heterocycles. The molecule has 0 radical (unpaired) electrons. The highest BCUT2D eigenvalue weighted by Gasteiger charge is 2.05. The smallest absolute Gasteiger partial charge is 0.221 e. The van der Waals surface area contributed by atoms with Crippen LogP contribution in [0.25, 0.3) is 10.2 Å². The zero-order valence-electron chi connectivity index (χ0n) is 9.91. The number of amides is 1. The highest BCUT2D eigenvalue weighted by molar-refractivity contribution is 7.22. The molecule has 2 rings (SSSR count). The average molecular weight is 249 g/mol. The number of rotatable bonds is 4. The summed E-state index contributed by atoms with van der Waals surface area (Å²) in [6.07, 6.45) is 0.464. The average Bonchev–Trinajstić information content (AvgIpc) is 2.73. The molecule has 0 aliphatic heterocycles. The summed E-state index contributed by atoms with van der Waals surface area (Å²) >= 11 is 1.62. The van der Waals surface area contributed by atoms with E-state index in [1.165, 1.54) is 10.3 Å². The number of aromatic nitrogens is 1. The van der Waals surface area contributed by atoms with Crippen molar-refractivity contribution in [1.29, 1.82) is 0 Å². The topological polar surface area (TPSA) is 54.0 Å². The first-order chi connectivity index (χ1) is 8.20. The molecular formula is C12H15N3OS. The Labute approximate surface area is 104 Å². The van der Waals surface area contributed by atoms with E-state index in [4.69, 9.17) is 0 Å². The number of hydrogen-bond donors (Lipinski definition) is 2. The highest BCUT2D eigenvalue weighted by Crippen LogP contribution is 2.27. The molecule has 0 saturated heterocycles. The number of nitrogens with zero attached hydrogens (tertiary/aromatic N) is 1. The van der Waals surface area contributed by atoms with Crippen LogP contribution in [0.15, 0.2) is 18.2 Å². The molecule has 4 nitrogen and oxygen atoms in total. The summed E-state index contributed by atoms with van der Waals surface area (Å²) in [6.45, 7) is 2.66. The maximum Gasteiger partial charge on any atom is 0.221 e. The van der Waals surface area contributed by atoms with Crippen molar-refractivity contribution in [3.8, 4) is 0 Å². The molecule has 0 aliphatic carbocycles. The Morgan fingerprint density at radius 3 is 3.00 bits per heavy atom. The van der Waals surface area contributed by atoms with Gasteiger partial charge in [0, 0.05) is 20.0 Å². The lowest BCUT2D eigenvalue weighted by Crippen LogP contribution is -2.20. The second-order valence-corrected chi connectivity index (χ2v) is 4.82. The molecule has 0 bridgehead atoms. The summed E-state index contributed by atoms with van der Waals surface area (Å²) in [5.41, 5.74) is 2.22. The number of benzene rings is 1. The van der Waals surface area contributed by atoms with Crippen LogP contribution >= 0.6 is 11.3 Å². The van der Waals surface area contributed by atoms with Gasteiger partial charge >= 0.3 is 0 Å². The molecule has 1 aromatic carbocycles. The number of aryl methyl sites for hydroxylation is 1. The fourth-order valence-electron chi connectivity index (χ4n) is 1.57. The zero-order chi connectivity index (χ0) is 12.3. The van der Waals surface area contributed by atoms with Crippen LogP contribution in [0, 0.1) is 6.92 Å². The molecule has 5 heteroatoms. The van der Waals surface area contributed by atoms with E-state index in [1.54, 1.807) is 18.4 Å². The Kier molecular flexibility index (Phi) is 3.58. The maximum atomic E-state index is 11.1. The third-order valence-electron chi connectivity index (χ3n) is 2.53. The van der Waals surface area contributed by atoms with Crippen LogP contribution in [0.2, 0.25) is 0 Å². The highest BCUT2D eigenvalue weighted by atomic mass is 32.1. The van der Waals surface area contributed by atoms with Gasteiger partial charge in [-0.15, -0.1) is 0 Å². The molecule has 1 heterocycles. The normalized spacial score (nSPS) is 10.5. The summed E-state index contributed by atoms with van der Waals surface area (Å²) in [7, 11) is 1.64. The number of carbonyl (C=O) groups excluding carboxylic acids is 1. The van der Waals surface area contributed by atoms with Crippen LogP contribution in [-0.4, -0.2) is 24.5 Å². The van der Waals surface area contributed by atoms with Crippen molar-refractivity contribution in [2.75, 3.05) is 18.9 Å². The molecule has 0 spiro atoms. The van der Waals surface area contributed by atoms with Crippen LogP contribution in [0.5, 0.6) is 0 Å². The van der Waals surface area contributed by atoms with E-state index in [9.17, 15) is 4.79 Å². The van der Waals surface area contributed by atoms with Gasteiger partial charge in [-0.1, -0.05) is 23.5 Å². The summed E-state index contributed by atoms with van der Waals surface area (Å²) in [6, 6.07) is 6.14. The van der Waals surface area contributed by atoms with E-state index in [-0.39, 0.29) is 5.91 Å². The molecule has 0 saturated carbocycles. The van der Waals surface area contributed by atoms with E-state index in [0.717, 1.165) is 10.6 Å². The standard InChI is InChI=1S/C12H15N3OS/c1-8-4-3-5-9-11(8)15-12(17-9)14-7-6-10(16)13-2/h3-5H,6-7H2,1-2H3,(H,13,16)(H,14,15). The van der Waals surface area contributed by atoms with Gasteiger partial charge in [-0.3, -0.25) is 4.79 Å². The molecule has 0 unspecified atom stereocenters. The lowest BCUT2D eigenvalue weighted by atomic mass is 10.2. The lowest BCUT2D eigenvalue weighted by Gasteiger charge is -2.00. The van der Waals surface area contributed by atoms with Crippen LogP contribution in [-0.2, 0) is 4.79 Å². The summed E-state index contributed by atoms with van der Waals surface area (Å²) in [4.78, 5) is 15.6. The van der Waals surface area contributed by atoms with Crippen molar-refractivity contribution in [2.45, 2.75) is 13.3 Å². The predicted octanol–water partition coefficient (Wildman–Crippen LogP) is 2.15. The minimum atomic E-state index is 0.0368. The van der Waals surface area contributed by atoms with Crippen LogP contribution in [0.1, 0.15) is 12.0 Å². The largest absolute Gasteiger partial charge is 0.361 e. The number of para-hydroxylation sites is 1. The third kappa shape index (κ3) is 2.74. The molecule has 1 amide bonds. The fourth-order valence-corrected chi connectivity index (χ4v) is 2.54. The van der Waals surface area contributed by atoms with E-state index in [2.05, 4.69) is 34.7 Å². The molecule has 17 heavy (non-hydrogen) atoms. The van der Waals surface area contributed by atoms with Gasteiger partial charge in [0.2, 0.25) is 5.91 Å². The SMILES string of the molecule is CNC(=O)CCNc1nc2c(C)cccc2s1. The molecule has 90 valence electrons. The van der Waals surface area contributed by atoms with E-state index < -0.39 is 0 Å². The first-order valence-corrected chi connectivity index (χ1v) is 6.33. The molecule has 0 aliphatic rings. The Balaban J connectivity index is 2.05. The second-order valence-electron chi connectivity index (χ2n) is 3.79. The Morgan fingerprint density at radius 1 is 1.47 bits per heavy atom. The number of anilines is 1. The van der Waals surface area contributed by atoms with Gasteiger partial charge in [-0.05, 0) is 18.6 Å². The minimum Gasteiger partial charge on any atom is -0.361 e. The van der Waals surface area contributed by atoms with Crippen molar-refractivity contribution in [1.82, 2.24) is 10.3 Å². The van der Waals surface area contributed by atoms with Crippen LogP contribution in [0.4, 0.5) is 5.13 Å². The Morgan fingerprint density at radius 2 is 2.29 bits per heavy atom. The van der Waals surface area contributed by atoms with Crippen LogP contribution in [0.3, 0.4) is 0 Å². The van der Waals surface area contributed by atoms with Crippen molar-refractivity contribution in [3.63, 3.8) is 0 Å². The van der Waals surface area contributed by atoms with Crippen LogP contribution < -0.4 is 10.6 Å². The number of nitrogens with one attached hydrogen (secondary N) is 2.